The number of para-hydroxylation sites is 1. The molecule has 0 atom stereocenters. The summed E-state index contributed by atoms with van der Waals surface area (Å²) < 4.78 is 41.5. The van der Waals surface area contributed by atoms with Crippen molar-refractivity contribution >= 4 is 28.9 Å². The van der Waals surface area contributed by atoms with Crippen LogP contribution in [0, 0.1) is 19.3 Å². The fourth-order valence-corrected chi connectivity index (χ4v) is 3.49. The third kappa shape index (κ3) is 3.21. The minimum absolute atomic E-state index is 0.0347. The number of nitrogens with one attached hydrogen (secondary N) is 2. The van der Waals surface area contributed by atoms with E-state index in [0.717, 1.165) is 17.8 Å². The van der Waals surface area contributed by atoms with Crippen LogP contribution in [-0.2, 0) is 11.0 Å². The lowest BCUT2D eigenvalue weighted by Crippen LogP contribution is -2.18. The highest BCUT2D eigenvalue weighted by Crippen LogP contribution is 2.36. The van der Waals surface area contributed by atoms with Crippen LogP contribution in [0.3, 0.4) is 0 Å². The Labute approximate surface area is 146 Å². The number of aromatic nitrogens is 1. The van der Waals surface area contributed by atoms with Gasteiger partial charge in [-0.3, -0.25) is 10.2 Å². The highest BCUT2D eigenvalue weighted by atomic mass is 32.2. The van der Waals surface area contributed by atoms with Gasteiger partial charge >= 0.3 is 6.18 Å². The molecule has 1 amide bonds. The number of amidine groups is 1. The Morgan fingerprint density at radius 1 is 1.24 bits per heavy atom. The van der Waals surface area contributed by atoms with Gasteiger partial charge in [-0.15, -0.1) is 0 Å². The lowest BCUT2D eigenvalue weighted by molar-refractivity contribution is -0.137. The summed E-state index contributed by atoms with van der Waals surface area (Å²) in [7, 11) is 0. The van der Waals surface area contributed by atoms with Crippen molar-refractivity contribution in [2.24, 2.45) is 0 Å². The van der Waals surface area contributed by atoms with E-state index in [2.05, 4.69) is 5.32 Å². The van der Waals surface area contributed by atoms with E-state index in [9.17, 15) is 18.0 Å². The van der Waals surface area contributed by atoms with Gasteiger partial charge in [0.15, 0.2) is 5.17 Å². The number of nitrogens with zero attached hydrogens (tertiary/aromatic N) is 1. The number of halogens is 3. The number of benzene rings is 1. The monoisotopic (exact) mass is 365 g/mol. The number of hydrogen-bond donors (Lipinski definition) is 2. The summed E-state index contributed by atoms with van der Waals surface area (Å²) in [5, 5.41) is 9.87. The second kappa shape index (κ2) is 6.11. The van der Waals surface area contributed by atoms with Crippen LogP contribution in [0.5, 0.6) is 0 Å². The maximum absolute atomic E-state index is 13.3. The largest absolute Gasteiger partial charge is 0.418 e. The van der Waals surface area contributed by atoms with Gasteiger partial charge in [0.2, 0.25) is 0 Å². The molecule has 2 aromatic rings. The molecule has 3 rings (SSSR count). The summed E-state index contributed by atoms with van der Waals surface area (Å²) in [5.41, 5.74) is 1.19. The molecule has 1 fully saturated rings. The molecule has 2 heterocycles. The minimum atomic E-state index is -4.46. The first-order chi connectivity index (χ1) is 11.7. The summed E-state index contributed by atoms with van der Waals surface area (Å²) in [4.78, 5) is 12.1. The Morgan fingerprint density at radius 2 is 1.92 bits per heavy atom. The number of carbonyl (C=O) groups excluding carboxylic acids is 1. The van der Waals surface area contributed by atoms with Gasteiger partial charge in [0.25, 0.3) is 5.91 Å². The normalized spacial score (nSPS) is 16.6. The average molecular weight is 365 g/mol. The first-order valence-electron chi connectivity index (χ1n) is 7.33. The van der Waals surface area contributed by atoms with E-state index in [1.807, 2.05) is 0 Å². The van der Waals surface area contributed by atoms with E-state index >= 15 is 0 Å². The molecule has 1 aliphatic heterocycles. The van der Waals surface area contributed by atoms with Crippen molar-refractivity contribution < 1.29 is 18.0 Å². The number of amides is 1. The standard InChI is InChI=1S/C17H14F3N3OS/c1-9-7-11(8-14-15(24)22-16(21)25-14)10(2)23(9)13-6-4-3-5-12(13)17(18,19)20/h3-8H,1-2H3,(H2,21,22,24)/b14-8+. The van der Waals surface area contributed by atoms with E-state index < -0.39 is 11.7 Å². The summed E-state index contributed by atoms with van der Waals surface area (Å²) in [6, 6.07) is 7.11. The van der Waals surface area contributed by atoms with E-state index in [0.29, 0.717) is 21.9 Å². The Morgan fingerprint density at radius 3 is 2.52 bits per heavy atom. The van der Waals surface area contributed by atoms with Gasteiger partial charge in [-0.25, -0.2) is 0 Å². The van der Waals surface area contributed by atoms with Gasteiger partial charge in [-0.05, 0) is 55.4 Å². The van der Waals surface area contributed by atoms with Crippen molar-refractivity contribution in [3.63, 3.8) is 0 Å². The molecular formula is C17H14F3N3OS. The number of hydrogen-bond acceptors (Lipinski definition) is 3. The second-order valence-electron chi connectivity index (χ2n) is 5.57. The molecule has 0 saturated carbocycles. The zero-order chi connectivity index (χ0) is 18.4. The summed E-state index contributed by atoms with van der Waals surface area (Å²) in [5.74, 6) is -0.379. The van der Waals surface area contributed by atoms with Gasteiger partial charge < -0.3 is 9.88 Å². The lowest BCUT2D eigenvalue weighted by atomic mass is 10.1. The van der Waals surface area contributed by atoms with Crippen LogP contribution in [0.4, 0.5) is 13.2 Å². The first-order valence-corrected chi connectivity index (χ1v) is 8.15. The molecule has 8 heteroatoms. The third-order valence-corrected chi connectivity index (χ3v) is 4.70. The highest BCUT2D eigenvalue weighted by Gasteiger charge is 2.34. The Hall–Kier alpha value is -2.48. The topological polar surface area (TPSA) is 57.9 Å². The maximum atomic E-state index is 13.3. The zero-order valence-corrected chi connectivity index (χ0v) is 14.2. The molecular weight excluding hydrogens is 351 g/mol. The molecule has 2 N–H and O–H groups in total. The molecule has 0 radical (unpaired) electrons. The number of carbonyl (C=O) groups is 1. The Bertz CT molecular complexity index is 912. The molecule has 0 bridgehead atoms. The molecule has 1 saturated heterocycles. The molecule has 0 aliphatic carbocycles. The predicted octanol–water partition coefficient (Wildman–Crippen LogP) is 4.25. The first kappa shape index (κ1) is 17.3. The van der Waals surface area contributed by atoms with E-state index in [4.69, 9.17) is 5.41 Å². The smallest absolute Gasteiger partial charge is 0.317 e. The highest BCUT2D eigenvalue weighted by molar-refractivity contribution is 8.18. The summed E-state index contributed by atoms with van der Waals surface area (Å²) in [6.45, 7) is 3.42. The number of thioether (sulfide) groups is 1. The van der Waals surface area contributed by atoms with Gasteiger partial charge in [0.1, 0.15) is 0 Å². The average Bonchev–Trinajstić information content (AvgIpc) is 2.97. The fourth-order valence-electron chi connectivity index (χ4n) is 2.80. The quantitative estimate of drug-likeness (QED) is 0.782. The van der Waals surface area contributed by atoms with Crippen molar-refractivity contribution in [1.82, 2.24) is 9.88 Å². The van der Waals surface area contributed by atoms with Gasteiger partial charge in [-0.1, -0.05) is 12.1 Å². The molecule has 0 spiro atoms. The molecule has 1 aliphatic rings. The van der Waals surface area contributed by atoms with Crippen molar-refractivity contribution in [1.29, 1.82) is 5.41 Å². The van der Waals surface area contributed by atoms with Crippen LogP contribution in [-0.4, -0.2) is 15.6 Å². The maximum Gasteiger partial charge on any atom is 0.418 e. The Kier molecular flexibility index (Phi) is 4.24. The van der Waals surface area contributed by atoms with E-state index in [1.54, 1.807) is 32.1 Å². The van der Waals surface area contributed by atoms with Crippen molar-refractivity contribution in [2.75, 3.05) is 0 Å². The molecule has 0 unspecified atom stereocenters. The molecule has 25 heavy (non-hydrogen) atoms. The molecule has 4 nitrogen and oxygen atoms in total. The van der Waals surface area contributed by atoms with Crippen LogP contribution in [0.1, 0.15) is 22.5 Å². The van der Waals surface area contributed by atoms with Crippen LogP contribution < -0.4 is 5.32 Å². The Balaban J connectivity index is 2.13. The number of alkyl halides is 3. The zero-order valence-electron chi connectivity index (χ0n) is 13.4. The predicted molar refractivity (Wildman–Crippen MR) is 91.7 cm³/mol. The molecule has 1 aromatic heterocycles. The third-order valence-electron chi connectivity index (χ3n) is 3.87. The fraction of sp³-hybridized carbons (Fsp3) is 0.176. The van der Waals surface area contributed by atoms with Crippen LogP contribution in [0.2, 0.25) is 0 Å². The van der Waals surface area contributed by atoms with Crippen LogP contribution in [0.15, 0.2) is 35.2 Å². The second-order valence-corrected chi connectivity index (χ2v) is 6.62. The van der Waals surface area contributed by atoms with Crippen LogP contribution >= 0.6 is 11.8 Å². The van der Waals surface area contributed by atoms with E-state index in [-0.39, 0.29) is 16.8 Å². The molecule has 130 valence electrons. The van der Waals surface area contributed by atoms with Gasteiger partial charge in [0, 0.05) is 11.4 Å². The van der Waals surface area contributed by atoms with E-state index in [1.165, 1.54) is 16.7 Å². The lowest BCUT2D eigenvalue weighted by Gasteiger charge is -2.16. The van der Waals surface area contributed by atoms with Crippen molar-refractivity contribution in [3.8, 4) is 5.69 Å². The SMILES string of the molecule is Cc1cc(/C=C2/SC(=N)NC2=O)c(C)n1-c1ccccc1C(F)(F)F. The van der Waals surface area contributed by atoms with Gasteiger partial charge in [-0.2, -0.15) is 13.2 Å². The van der Waals surface area contributed by atoms with Gasteiger partial charge in [0.05, 0.1) is 16.2 Å². The number of rotatable bonds is 2. The van der Waals surface area contributed by atoms with Crippen molar-refractivity contribution in [2.45, 2.75) is 20.0 Å². The van der Waals surface area contributed by atoms with Crippen molar-refractivity contribution in [3.05, 3.63) is 57.8 Å². The van der Waals surface area contributed by atoms with Crippen LogP contribution in [0.25, 0.3) is 11.8 Å². The summed E-state index contributed by atoms with van der Waals surface area (Å²) >= 11 is 0.990. The minimum Gasteiger partial charge on any atom is -0.317 e. The molecule has 1 aromatic carbocycles. The summed E-state index contributed by atoms with van der Waals surface area (Å²) in [6.07, 6.45) is -2.87. The number of aryl methyl sites for hydroxylation is 1.